The first-order chi connectivity index (χ1) is 21.9. The third kappa shape index (κ3) is 6.17. The molecule has 0 saturated carbocycles. The van der Waals surface area contributed by atoms with E-state index in [9.17, 15) is 50.8 Å². The van der Waals surface area contributed by atoms with Crippen LogP contribution in [0.1, 0.15) is 0 Å². The molecule has 0 radical (unpaired) electrons. The molecule has 10 atom stereocenters. The van der Waals surface area contributed by atoms with Gasteiger partial charge in [0.15, 0.2) is 16.9 Å². The molecule has 0 aliphatic carbocycles. The molecule has 2 aromatic carbocycles. The van der Waals surface area contributed by atoms with Crippen molar-refractivity contribution in [2.24, 2.45) is 0 Å². The second-order valence-electron chi connectivity index (χ2n) is 10.6. The maximum atomic E-state index is 13.6. The number of ether oxygens (including phenoxy) is 6. The van der Waals surface area contributed by atoms with Gasteiger partial charge in [-0.1, -0.05) is 0 Å². The molecular formula is C29H34O17. The molecule has 5 rings (SSSR count). The average Bonchev–Trinajstić information content (AvgIpc) is 3.04. The number of aliphatic hydroxyl groups is 8. The number of hydrogen-bond acceptors (Lipinski definition) is 17. The Morgan fingerprint density at radius 3 is 1.70 bits per heavy atom. The molecule has 3 heterocycles. The van der Waals surface area contributed by atoms with Crippen LogP contribution in [0.4, 0.5) is 0 Å². The molecule has 2 aliphatic heterocycles. The minimum atomic E-state index is -1.86. The van der Waals surface area contributed by atoms with Crippen molar-refractivity contribution in [3.8, 4) is 40.1 Å². The van der Waals surface area contributed by atoms with E-state index in [0.717, 1.165) is 12.1 Å². The molecule has 46 heavy (non-hydrogen) atoms. The predicted molar refractivity (Wildman–Crippen MR) is 151 cm³/mol. The predicted octanol–water partition coefficient (Wildman–Crippen LogP) is -2.46. The molecule has 2 saturated heterocycles. The number of phenols is 1. The van der Waals surface area contributed by atoms with E-state index in [2.05, 4.69) is 0 Å². The van der Waals surface area contributed by atoms with Gasteiger partial charge in [-0.3, -0.25) is 4.79 Å². The molecule has 0 unspecified atom stereocenters. The minimum absolute atomic E-state index is 0.00318. The maximum absolute atomic E-state index is 13.6. The molecule has 252 valence electrons. The molecule has 1 aromatic heterocycles. The third-order valence-corrected chi connectivity index (χ3v) is 7.72. The maximum Gasteiger partial charge on any atom is 0.229 e. The van der Waals surface area contributed by atoms with Crippen LogP contribution in [-0.4, -0.2) is 135 Å². The first kappa shape index (κ1) is 33.6. The monoisotopic (exact) mass is 654 g/mol. The zero-order valence-electron chi connectivity index (χ0n) is 24.4. The van der Waals surface area contributed by atoms with E-state index in [1.165, 1.54) is 32.4 Å². The van der Waals surface area contributed by atoms with Crippen molar-refractivity contribution in [2.45, 2.75) is 61.4 Å². The Labute approximate surface area is 259 Å². The summed E-state index contributed by atoms with van der Waals surface area (Å²) in [5.41, 5.74) is -0.654. The summed E-state index contributed by atoms with van der Waals surface area (Å²) >= 11 is 0. The fraction of sp³-hybridized carbons (Fsp3) is 0.483. The number of benzene rings is 2. The normalized spacial score (nSPS) is 31.4. The zero-order valence-corrected chi connectivity index (χ0v) is 24.4. The lowest BCUT2D eigenvalue weighted by Crippen LogP contribution is -2.60. The van der Waals surface area contributed by atoms with Crippen molar-refractivity contribution in [1.29, 1.82) is 0 Å². The number of rotatable bonds is 9. The Bertz CT molecular complexity index is 1560. The van der Waals surface area contributed by atoms with Crippen LogP contribution in [0.15, 0.2) is 39.5 Å². The van der Waals surface area contributed by atoms with E-state index >= 15 is 0 Å². The van der Waals surface area contributed by atoms with E-state index in [4.69, 9.17) is 32.8 Å². The Kier molecular flexibility index (Phi) is 9.89. The van der Waals surface area contributed by atoms with E-state index in [1.807, 2.05) is 0 Å². The molecule has 0 bridgehead atoms. The number of hydrogen-bond donors (Lipinski definition) is 9. The van der Waals surface area contributed by atoms with Crippen LogP contribution in [0.25, 0.3) is 22.3 Å². The van der Waals surface area contributed by atoms with Gasteiger partial charge in [-0.25, -0.2) is 0 Å². The van der Waals surface area contributed by atoms with Crippen LogP contribution in [0, 0.1) is 0 Å². The molecule has 0 spiro atoms. The summed E-state index contributed by atoms with van der Waals surface area (Å²) in [5, 5.41) is 91.1. The molecule has 17 nitrogen and oxygen atoms in total. The summed E-state index contributed by atoms with van der Waals surface area (Å²) in [6.07, 6.45) is -16.6. The highest BCUT2D eigenvalue weighted by Gasteiger charge is 2.46. The molecule has 2 fully saturated rings. The highest BCUT2D eigenvalue weighted by molar-refractivity contribution is 5.86. The molecule has 0 amide bonds. The summed E-state index contributed by atoms with van der Waals surface area (Å²) < 4.78 is 38.8. The second-order valence-corrected chi connectivity index (χ2v) is 10.6. The fourth-order valence-corrected chi connectivity index (χ4v) is 5.16. The lowest BCUT2D eigenvalue weighted by molar-refractivity contribution is -0.278. The van der Waals surface area contributed by atoms with Gasteiger partial charge in [0.25, 0.3) is 0 Å². The summed E-state index contributed by atoms with van der Waals surface area (Å²) in [5.74, 6) is -0.896. The van der Waals surface area contributed by atoms with E-state index in [1.54, 1.807) is 0 Å². The Hall–Kier alpha value is -3.75. The van der Waals surface area contributed by atoms with Crippen molar-refractivity contribution < 1.29 is 78.8 Å². The van der Waals surface area contributed by atoms with Crippen LogP contribution < -0.4 is 24.4 Å². The first-order valence-electron chi connectivity index (χ1n) is 13.9. The second kappa shape index (κ2) is 13.5. The zero-order chi connectivity index (χ0) is 33.4. The highest BCUT2D eigenvalue weighted by Crippen LogP contribution is 2.41. The van der Waals surface area contributed by atoms with Crippen LogP contribution in [0.3, 0.4) is 0 Å². The Morgan fingerprint density at radius 2 is 1.20 bits per heavy atom. The number of methoxy groups -OCH3 is 2. The standard InChI is InChI=1S/C29H34O17/c1-40-16-3-10(4-17(41-2)21(16)33)13-7-12(32)20-14(43-13)5-11(42-28-26(38)24(36)22(34)18(8-30)45-28)6-15(20)44-29-27(39)25(37)23(35)19(9-31)46-29/h3-7,18-19,22-31,33-39H,8-9H2,1-2H3/t18-,19-,22+,23-,24+,25-,26+,27+,28-,29+/m0/s1. The molecule has 9 N–H and O–H groups in total. The lowest BCUT2D eigenvalue weighted by atomic mass is 9.99. The van der Waals surface area contributed by atoms with Crippen molar-refractivity contribution in [1.82, 2.24) is 0 Å². The van der Waals surface area contributed by atoms with E-state index < -0.39 is 80.1 Å². The van der Waals surface area contributed by atoms with E-state index in [-0.39, 0.29) is 51.0 Å². The highest BCUT2D eigenvalue weighted by atomic mass is 16.7. The van der Waals surface area contributed by atoms with E-state index in [0.29, 0.717) is 0 Å². The first-order valence-corrected chi connectivity index (χ1v) is 13.9. The van der Waals surface area contributed by atoms with Gasteiger partial charge in [0.1, 0.15) is 77.1 Å². The van der Waals surface area contributed by atoms with Gasteiger partial charge < -0.3 is 78.8 Å². The summed E-state index contributed by atoms with van der Waals surface area (Å²) in [7, 11) is 2.61. The van der Waals surface area contributed by atoms with Crippen molar-refractivity contribution >= 4 is 11.0 Å². The summed E-state index contributed by atoms with van der Waals surface area (Å²) in [6, 6.07) is 6.17. The third-order valence-electron chi connectivity index (χ3n) is 7.72. The minimum Gasteiger partial charge on any atom is -0.502 e. The van der Waals surface area contributed by atoms with Crippen LogP contribution in [0.2, 0.25) is 0 Å². The van der Waals surface area contributed by atoms with Gasteiger partial charge in [-0.15, -0.1) is 0 Å². The van der Waals surface area contributed by atoms with Crippen molar-refractivity contribution in [2.75, 3.05) is 27.4 Å². The molecule has 2 aliphatic rings. The average molecular weight is 655 g/mol. The van der Waals surface area contributed by atoms with Gasteiger partial charge >= 0.3 is 0 Å². The Morgan fingerprint density at radius 1 is 0.674 bits per heavy atom. The van der Waals surface area contributed by atoms with Crippen molar-refractivity contribution in [3.05, 3.63) is 40.6 Å². The lowest BCUT2D eigenvalue weighted by Gasteiger charge is -2.40. The number of phenolic OH excluding ortho intramolecular Hbond substituents is 1. The SMILES string of the molecule is COc1cc(-c2cc(=O)c3c(O[C@@H]4O[C@@H](CO)[C@H](O)[C@H](O)[C@H]4O)cc(O[C@H]4O[C@@H](CO)[C@@H](O)[C@@H](O)[C@H]4O)cc3o2)cc(OC)c1O. The Balaban J connectivity index is 1.62. The van der Waals surface area contributed by atoms with Gasteiger partial charge in [-0.2, -0.15) is 0 Å². The molecule has 3 aromatic rings. The largest absolute Gasteiger partial charge is 0.502 e. The molecular weight excluding hydrogens is 620 g/mol. The van der Waals surface area contributed by atoms with Gasteiger partial charge in [0.05, 0.1) is 27.4 Å². The van der Waals surface area contributed by atoms with Crippen LogP contribution in [0.5, 0.6) is 28.7 Å². The number of aliphatic hydroxyl groups excluding tert-OH is 8. The summed E-state index contributed by atoms with van der Waals surface area (Å²) in [6.45, 7) is -1.48. The smallest absolute Gasteiger partial charge is 0.229 e. The topological polar surface area (TPSA) is 268 Å². The van der Waals surface area contributed by atoms with Crippen molar-refractivity contribution in [3.63, 3.8) is 0 Å². The van der Waals surface area contributed by atoms with Gasteiger partial charge in [0.2, 0.25) is 18.3 Å². The van der Waals surface area contributed by atoms with Crippen LogP contribution in [-0.2, 0) is 9.47 Å². The van der Waals surface area contributed by atoms with Gasteiger partial charge in [0, 0.05) is 23.8 Å². The fourth-order valence-electron chi connectivity index (χ4n) is 5.16. The number of aromatic hydroxyl groups is 1. The summed E-state index contributed by atoms with van der Waals surface area (Å²) in [4.78, 5) is 13.6. The quantitative estimate of drug-likeness (QED) is 0.116. The molecule has 17 heteroatoms. The van der Waals surface area contributed by atoms with Crippen LogP contribution >= 0.6 is 0 Å². The van der Waals surface area contributed by atoms with Gasteiger partial charge in [-0.05, 0) is 12.1 Å². The number of fused-ring (bicyclic) bond motifs is 1.